The molecular formula is C15H27F3N2O. The third-order valence-electron chi connectivity index (χ3n) is 3.92. The highest BCUT2D eigenvalue weighted by Crippen LogP contribution is 2.37. The number of halogens is 3. The lowest BCUT2D eigenvalue weighted by atomic mass is 9.84. The molecule has 2 N–H and O–H groups in total. The van der Waals surface area contributed by atoms with Gasteiger partial charge in [0.05, 0.1) is 5.92 Å². The number of nitrogens with zero attached hydrogens (tertiary/aromatic N) is 1. The summed E-state index contributed by atoms with van der Waals surface area (Å²) >= 11 is 0. The Kier molecular flexibility index (Phi) is 5.69. The van der Waals surface area contributed by atoms with Gasteiger partial charge >= 0.3 is 6.18 Å². The van der Waals surface area contributed by atoms with Crippen LogP contribution in [0.5, 0.6) is 0 Å². The molecule has 1 amide bonds. The third-order valence-corrected chi connectivity index (χ3v) is 3.92. The molecule has 124 valence electrons. The Morgan fingerprint density at radius 3 is 2.14 bits per heavy atom. The normalized spacial score (nSPS) is 19.2. The monoisotopic (exact) mass is 308 g/mol. The van der Waals surface area contributed by atoms with E-state index >= 15 is 0 Å². The molecule has 1 rings (SSSR count). The highest BCUT2D eigenvalue weighted by atomic mass is 19.4. The Morgan fingerprint density at radius 1 is 1.29 bits per heavy atom. The first kappa shape index (κ1) is 18.3. The van der Waals surface area contributed by atoms with Crippen molar-refractivity contribution in [2.24, 2.45) is 23.0 Å². The second-order valence-electron chi connectivity index (χ2n) is 7.36. The van der Waals surface area contributed by atoms with Crippen LogP contribution in [0.25, 0.3) is 0 Å². The van der Waals surface area contributed by atoms with E-state index < -0.39 is 24.5 Å². The Hall–Kier alpha value is -0.780. The summed E-state index contributed by atoms with van der Waals surface area (Å²) in [5.41, 5.74) is 5.50. The highest BCUT2D eigenvalue weighted by molar-refractivity contribution is 5.79. The lowest BCUT2D eigenvalue weighted by Gasteiger charge is -2.34. The van der Waals surface area contributed by atoms with E-state index in [1.165, 1.54) is 0 Å². The zero-order chi connectivity index (χ0) is 16.4. The minimum absolute atomic E-state index is 0.0852. The number of hydrogen-bond donors (Lipinski definition) is 1. The molecule has 1 fully saturated rings. The first-order chi connectivity index (χ1) is 9.44. The van der Waals surface area contributed by atoms with E-state index in [4.69, 9.17) is 5.73 Å². The summed E-state index contributed by atoms with van der Waals surface area (Å²) < 4.78 is 38.4. The van der Waals surface area contributed by atoms with Gasteiger partial charge in [-0.05, 0) is 37.5 Å². The lowest BCUT2D eigenvalue weighted by molar-refractivity contribution is -0.169. The SMILES string of the molecule is CC(C1CC1)N(CC(F)(F)F)C(=O)C(CN)CC(C)(C)C. The van der Waals surface area contributed by atoms with Crippen LogP contribution in [0.4, 0.5) is 13.2 Å². The minimum Gasteiger partial charge on any atom is -0.330 e. The fraction of sp³-hybridized carbons (Fsp3) is 0.933. The molecule has 2 unspecified atom stereocenters. The Labute approximate surface area is 125 Å². The molecule has 1 saturated carbocycles. The van der Waals surface area contributed by atoms with Gasteiger partial charge in [-0.3, -0.25) is 4.79 Å². The highest BCUT2D eigenvalue weighted by Gasteiger charge is 2.42. The number of carbonyl (C=O) groups excluding carboxylic acids is 1. The van der Waals surface area contributed by atoms with Crippen LogP contribution < -0.4 is 5.73 Å². The van der Waals surface area contributed by atoms with Crippen LogP contribution >= 0.6 is 0 Å². The topological polar surface area (TPSA) is 46.3 Å². The van der Waals surface area contributed by atoms with E-state index in [2.05, 4.69) is 0 Å². The smallest absolute Gasteiger partial charge is 0.330 e. The molecule has 0 aliphatic heterocycles. The van der Waals surface area contributed by atoms with Gasteiger partial charge in [0, 0.05) is 12.6 Å². The maximum atomic E-state index is 12.8. The second-order valence-corrected chi connectivity index (χ2v) is 7.36. The molecule has 1 aliphatic carbocycles. The van der Waals surface area contributed by atoms with Crippen LogP contribution in [-0.4, -0.2) is 36.1 Å². The summed E-state index contributed by atoms with van der Waals surface area (Å²) in [6.07, 6.45) is -2.08. The molecule has 2 atom stereocenters. The maximum absolute atomic E-state index is 12.8. The van der Waals surface area contributed by atoms with Crippen molar-refractivity contribution in [2.75, 3.05) is 13.1 Å². The van der Waals surface area contributed by atoms with Crippen molar-refractivity contribution in [3.63, 3.8) is 0 Å². The lowest BCUT2D eigenvalue weighted by Crippen LogP contribution is -2.49. The summed E-state index contributed by atoms with van der Waals surface area (Å²) in [6, 6.07) is -0.367. The second kappa shape index (κ2) is 6.55. The minimum atomic E-state index is -4.38. The Bertz CT molecular complexity index is 359. The average Bonchev–Trinajstić information content (AvgIpc) is 3.13. The number of nitrogens with two attached hydrogens (primary N) is 1. The molecule has 0 aromatic rings. The van der Waals surface area contributed by atoms with Crippen molar-refractivity contribution in [3.05, 3.63) is 0 Å². The molecule has 0 saturated heterocycles. The van der Waals surface area contributed by atoms with Gasteiger partial charge < -0.3 is 10.6 Å². The largest absolute Gasteiger partial charge is 0.406 e. The standard InChI is InChI=1S/C15H27F3N2O/c1-10(11-5-6-11)20(9-15(16,17)18)13(21)12(8-19)7-14(2,3)4/h10-12H,5-9,19H2,1-4H3. The van der Waals surface area contributed by atoms with Gasteiger partial charge in [0.1, 0.15) is 6.54 Å². The van der Waals surface area contributed by atoms with E-state index in [0.29, 0.717) is 6.42 Å². The third kappa shape index (κ3) is 6.24. The molecule has 6 heteroatoms. The summed E-state index contributed by atoms with van der Waals surface area (Å²) in [5.74, 6) is -0.804. The van der Waals surface area contributed by atoms with Gasteiger partial charge in [-0.1, -0.05) is 20.8 Å². The van der Waals surface area contributed by atoms with Crippen LogP contribution in [0.15, 0.2) is 0 Å². The quantitative estimate of drug-likeness (QED) is 0.819. The van der Waals surface area contributed by atoms with E-state index in [0.717, 1.165) is 17.7 Å². The fourth-order valence-electron chi connectivity index (χ4n) is 2.69. The van der Waals surface area contributed by atoms with Crippen molar-refractivity contribution in [3.8, 4) is 0 Å². The molecule has 0 aromatic carbocycles. The fourth-order valence-corrected chi connectivity index (χ4v) is 2.69. The number of amides is 1. The predicted molar refractivity (Wildman–Crippen MR) is 76.6 cm³/mol. The first-order valence-electron chi connectivity index (χ1n) is 7.52. The molecule has 0 radical (unpaired) electrons. The number of carbonyl (C=O) groups is 1. The Balaban J connectivity index is 2.86. The summed E-state index contributed by atoms with van der Waals surface area (Å²) in [6.45, 7) is 6.50. The van der Waals surface area contributed by atoms with Crippen molar-refractivity contribution in [1.82, 2.24) is 4.90 Å². The number of alkyl halides is 3. The zero-order valence-electron chi connectivity index (χ0n) is 13.3. The summed E-state index contributed by atoms with van der Waals surface area (Å²) in [4.78, 5) is 13.6. The van der Waals surface area contributed by atoms with Gasteiger partial charge in [0.15, 0.2) is 0 Å². The van der Waals surface area contributed by atoms with Gasteiger partial charge in [-0.25, -0.2) is 0 Å². The van der Waals surface area contributed by atoms with E-state index in [9.17, 15) is 18.0 Å². The van der Waals surface area contributed by atoms with E-state index in [1.54, 1.807) is 6.92 Å². The van der Waals surface area contributed by atoms with Crippen molar-refractivity contribution >= 4 is 5.91 Å². The van der Waals surface area contributed by atoms with Gasteiger partial charge in [-0.2, -0.15) is 13.2 Å². The van der Waals surface area contributed by atoms with Crippen molar-refractivity contribution in [1.29, 1.82) is 0 Å². The van der Waals surface area contributed by atoms with Crippen LogP contribution in [0.1, 0.15) is 47.0 Å². The molecule has 0 bridgehead atoms. The zero-order valence-corrected chi connectivity index (χ0v) is 13.3. The first-order valence-corrected chi connectivity index (χ1v) is 7.52. The predicted octanol–water partition coefficient (Wildman–Crippen LogP) is 3.19. The average molecular weight is 308 g/mol. The summed E-state index contributed by atoms with van der Waals surface area (Å²) in [7, 11) is 0. The van der Waals surface area contributed by atoms with Gasteiger partial charge in [0.25, 0.3) is 0 Å². The number of rotatable bonds is 6. The number of hydrogen-bond acceptors (Lipinski definition) is 2. The maximum Gasteiger partial charge on any atom is 0.406 e. The van der Waals surface area contributed by atoms with E-state index in [-0.39, 0.29) is 23.9 Å². The van der Waals surface area contributed by atoms with Crippen molar-refractivity contribution in [2.45, 2.75) is 59.2 Å². The van der Waals surface area contributed by atoms with E-state index in [1.807, 2.05) is 20.8 Å². The van der Waals surface area contributed by atoms with Gasteiger partial charge in [0.2, 0.25) is 5.91 Å². The molecule has 0 heterocycles. The van der Waals surface area contributed by atoms with Gasteiger partial charge in [-0.15, -0.1) is 0 Å². The van der Waals surface area contributed by atoms with Crippen LogP contribution in [0.3, 0.4) is 0 Å². The molecule has 3 nitrogen and oxygen atoms in total. The molecule has 0 spiro atoms. The van der Waals surface area contributed by atoms with Crippen molar-refractivity contribution < 1.29 is 18.0 Å². The molecule has 0 aromatic heterocycles. The Morgan fingerprint density at radius 2 is 1.81 bits per heavy atom. The molecule has 21 heavy (non-hydrogen) atoms. The van der Waals surface area contributed by atoms with Crippen LogP contribution in [-0.2, 0) is 4.79 Å². The van der Waals surface area contributed by atoms with Crippen LogP contribution in [0, 0.1) is 17.3 Å². The molecule has 1 aliphatic rings. The van der Waals surface area contributed by atoms with Crippen LogP contribution in [0.2, 0.25) is 0 Å². The molecular weight excluding hydrogens is 281 g/mol. The summed E-state index contributed by atoms with van der Waals surface area (Å²) in [5, 5.41) is 0.